The fourth-order valence-electron chi connectivity index (χ4n) is 16.2. The van der Waals surface area contributed by atoms with Crippen molar-refractivity contribution in [3.05, 3.63) is 211 Å². The second kappa shape index (κ2) is 31.8. The number of aromatic nitrogens is 10. The third kappa shape index (κ3) is 15.1. The Morgan fingerprint density at radius 2 is 0.774 bits per heavy atom. The molecule has 5 aliphatic carbocycles. The maximum absolute atomic E-state index is 13.5. The minimum Gasteiger partial charge on any atom is -0.365 e. The van der Waals surface area contributed by atoms with Crippen molar-refractivity contribution in [1.29, 1.82) is 0 Å². The van der Waals surface area contributed by atoms with Gasteiger partial charge in [-0.15, -0.1) is 0 Å². The molecule has 10 aromatic rings. The van der Waals surface area contributed by atoms with Gasteiger partial charge in [-0.25, -0.2) is 26.8 Å². The van der Waals surface area contributed by atoms with Crippen molar-refractivity contribution < 1.29 is 35.9 Å². The number of amides is 2. The Kier molecular flexibility index (Phi) is 23.6. The molecule has 0 radical (unpaired) electrons. The molecular formula is C82H92F6I2N14O2. The van der Waals surface area contributed by atoms with Crippen LogP contribution < -0.4 is 16.8 Å². The molecule has 10 heterocycles. The highest BCUT2D eigenvalue weighted by Crippen LogP contribution is 2.56. The fourth-order valence-corrected chi connectivity index (χ4v) is 17.1. The molecule has 5 N–H and O–H groups in total. The normalized spacial score (nSPS) is 17.8. The molecule has 5 spiro atoms. The first kappa shape index (κ1) is 78.6. The number of hydrogen-bond acceptors (Lipinski definition) is 8. The van der Waals surface area contributed by atoms with Gasteiger partial charge in [0.2, 0.25) is 5.69 Å². The second-order valence-electron chi connectivity index (χ2n) is 28.7. The summed E-state index contributed by atoms with van der Waals surface area (Å²) in [7, 11) is 0.500. The quantitative estimate of drug-likeness (QED) is 0.0607. The minimum absolute atomic E-state index is 0. The Morgan fingerprint density at radius 3 is 1.21 bits per heavy atom. The summed E-state index contributed by atoms with van der Waals surface area (Å²) in [6, 6.07) is 34.3. The Hall–Kier alpha value is -8.42. The highest BCUT2D eigenvalue weighted by atomic mass is 127. The minimum atomic E-state index is -0.519. The summed E-state index contributed by atoms with van der Waals surface area (Å²) in [5.41, 5.74) is 26.1. The molecule has 5 aliphatic heterocycles. The number of benzene rings is 5. The van der Waals surface area contributed by atoms with E-state index < -0.39 is 11.8 Å². The molecule has 5 saturated carbocycles. The monoisotopic (exact) mass is 1670 g/mol. The van der Waals surface area contributed by atoms with Crippen LogP contribution in [0.25, 0.3) is 61.1 Å². The number of nitrogens with one attached hydrogen (secondary N) is 1. The molecule has 24 heteroatoms. The van der Waals surface area contributed by atoms with Gasteiger partial charge in [0.25, 0.3) is 11.8 Å². The lowest BCUT2D eigenvalue weighted by Gasteiger charge is -2.25. The number of aryl methyl sites for hydroxylation is 1. The third-order valence-corrected chi connectivity index (χ3v) is 23.2. The van der Waals surface area contributed by atoms with Crippen molar-refractivity contribution in [2.24, 2.45) is 11.5 Å². The van der Waals surface area contributed by atoms with Gasteiger partial charge >= 0.3 is 0 Å². The van der Waals surface area contributed by atoms with Crippen LogP contribution in [-0.4, -0.2) is 79.4 Å². The Morgan fingerprint density at radius 1 is 0.434 bits per heavy atom. The van der Waals surface area contributed by atoms with Crippen LogP contribution >= 0.6 is 45.2 Å². The first-order valence-electron chi connectivity index (χ1n) is 35.4. The molecule has 0 bridgehead atoms. The van der Waals surface area contributed by atoms with E-state index in [9.17, 15) is 35.9 Å². The number of nitrogens with zero attached hydrogens (tertiary/aromatic N) is 11. The molecule has 558 valence electrons. The molecule has 20 rings (SSSR count). The summed E-state index contributed by atoms with van der Waals surface area (Å²) in [5, 5.41) is 26.8. The largest absolute Gasteiger partial charge is 0.365 e. The van der Waals surface area contributed by atoms with Gasteiger partial charge < -0.3 is 16.8 Å². The predicted octanol–water partition coefficient (Wildman–Crippen LogP) is 19.2. The number of halogens is 8. The van der Waals surface area contributed by atoms with E-state index in [0.717, 1.165) is 136 Å². The number of primary amides is 2. The van der Waals surface area contributed by atoms with Gasteiger partial charge in [-0.05, 0) is 241 Å². The van der Waals surface area contributed by atoms with Crippen molar-refractivity contribution in [2.75, 3.05) is 18.7 Å². The number of carbonyl (C=O) groups is 2. The summed E-state index contributed by atoms with van der Waals surface area (Å²) in [5.74, 6) is -2.36. The van der Waals surface area contributed by atoms with Crippen molar-refractivity contribution in [1.82, 2.24) is 54.2 Å². The molecule has 5 aromatic heterocycles. The molecule has 106 heavy (non-hydrogen) atoms. The van der Waals surface area contributed by atoms with Crippen LogP contribution in [0.3, 0.4) is 0 Å². The topological polar surface area (TPSA) is 192 Å². The van der Waals surface area contributed by atoms with Crippen LogP contribution in [0.15, 0.2) is 127 Å². The number of carbonyl (C=O) groups excluding carboxylic acids is 2. The second-order valence-corrected chi connectivity index (χ2v) is 29.8. The van der Waals surface area contributed by atoms with Gasteiger partial charge in [-0.2, -0.15) is 25.5 Å². The first-order valence-corrected chi connectivity index (χ1v) is 38.6. The average molecular weight is 1670 g/mol. The smallest absolute Gasteiger partial charge is 0.252 e. The number of hydrogen-bond donors (Lipinski definition) is 3. The zero-order valence-electron chi connectivity index (χ0n) is 57.5. The van der Waals surface area contributed by atoms with E-state index in [2.05, 4.69) is 90.8 Å². The van der Waals surface area contributed by atoms with Crippen LogP contribution in [0.5, 0.6) is 0 Å². The SMILES string of the molecule is C.C.C.CF.CI.Fc1cccc(-c2cc3n(n2)C2(CCC3)CC2)c1.Fc1cccc(-c2nn3c(c2I)CCCC32CC2)c1.NC(=O)c1c(-c2cccc(F)c2)nn2c1CCCC21CC1.NC(=O)c1c(-c2cccc(F)c2)nn2c1CNCC21CC1.[C-]#[N+]c1c(-c2cccc(F)c2)nn2c1CCCC21CC1. The van der Waals surface area contributed by atoms with E-state index in [4.69, 9.17) is 28.2 Å². The Bertz CT molecular complexity index is 4800. The van der Waals surface area contributed by atoms with Crippen molar-refractivity contribution >= 4 is 62.7 Å². The highest BCUT2D eigenvalue weighted by molar-refractivity contribution is 14.1. The molecule has 2 amide bonds. The molecule has 10 aliphatic rings. The van der Waals surface area contributed by atoms with E-state index in [0.29, 0.717) is 75.4 Å². The summed E-state index contributed by atoms with van der Waals surface area (Å²) >= 11 is 4.52. The average Bonchev–Trinajstić information content (AvgIpc) is 1.59. The van der Waals surface area contributed by atoms with Crippen LogP contribution in [-0.2, 0) is 59.9 Å². The molecule has 0 unspecified atom stereocenters. The van der Waals surface area contributed by atoms with E-state index >= 15 is 0 Å². The van der Waals surface area contributed by atoms with Gasteiger partial charge in [0.1, 0.15) is 46.2 Å². The lowest BCUT2D eigenvalue weighted by Crippen LogP contribution is -2.40. The Balaban J connectivity index is 0.000000130. The summed E-state index contributed by atoms with van der Waals surface area (Å²) in [6.45, 7) is 8.88. The van der Waals surface area contributed by atoms with Crippen molar-refractivity contribution in [2.45, 2.75) is 198 Å². The van der Waals surface area contributed by atoms with Gasteiger partial charge in [-0.3, -0.25) is 37.4 Å². The zero-order valence-corrected chi connectivity index (χ0v) is 61.8. The summed E-state index contributed by atoms with van der Waals surface area (Å²) in [4.78, 5) is 29.5. The molecule has 16 nitrogen and oxygen atoms in total. The highest BCUT2D eigenvalue weighted by Gasteiger charge is 2.53. The van der Waals surface area contributed by atoms with Crippen LogP contribution in [0.1, 0.15) is 187 Å². The van der Waals surface area contributed by atoms with Gasteiger partial charge in [0.05, 0.1) is 84.6 Å². The fraction of sp³-hybridized carbons (Fsp3) is 0.415. The molecule has 5 aromatic carbocycles. The predicted molar refractivity (Wildman–Crippen MR) is 421 cm³/mol. The maximum atomic E-state index is 13.5. The first-order chi connectivity index (χ1) is 49.9. The van der Waals surface area contributed by atoms with E-state index in [1.807, 2.05) is 32.5 Å². The van der Waals surface area contributed by atoms with E-state index in [1.165, 1.54) is 115 Å². The lowest BCUT2D eigenvalue weighted by atomic mass is 9.97. The molecule has 0 saturated heterocycles. The summed E-state index contributed by atoms with van der Waals surface area (Å²) < 4.78 is 88.2. The van der Waals surface area contributed by atoms with Gasteiger partial charge in [0.15, 0.2) is 0 Å². The number of nitrogens with two attached hydrogens (primary N) is 2. The van der Waals surface area contributed by atoms with Crippen molar-refractivity contribution in [3.8, 4) is 56.3 Å². The molecular weight excluding hydrogens is 1580 g/mol. The van der Waals surface area contributed by atoms with Crippen molar-refractivity contribution in [3.63, 3.8) is 0 Å². The zero-order chi connectivity index (χ0) is 72.2. The van der Waals surface area contributed by atoms with Crippen LogP contribution in [0.2, 0.25) is 0 Å². The Labute approximate surface area is 643 Å². The van der Waals surface area contributed by atoms with Crippen LogP contribution in [0, 0.1) is 39.2 Å². The summed E-state index contributed by atoms with van der Waals surface area (Å²) in [6.07, 6.45) is 24.9. The van der Waals surface area contributed by atoms with Gasteiger partial charge in [-0.1, -0.05) is 106 Å². The number of alkyl halides is 2. The van der Waals surface area contributed by atoms with Gasteiger partial charge in [0, 0.05) is 46.7 Å². The molecule has 0 atom stereocenters. The third-order valence-electron chi connectivity index (χ3n) is 22.1. The standard InChI is InChI=1S/C16H16FN3O.C16H14FN3.C15H14FIN2.C15H15FN4O.C15H15FN2.CH3F.CH3I.3CH4/c17-11-4-1-3-10(9-11)14-13(15(18)21)12-5-2-6-16(7-8-16)20(12)19-14;1-18-15-13-6-3-7-16(8-9-16)20(13)19-14(15)11-4-2-5-12(17)10-11;16-11-4-1-3-10(9-11)14-13(17)12-5-2-6-15(7-8-15)19(12)18-14;16-10-3-1-2-9(6-10)13-12(14(17)21)11-7-18-8-15(4-5-15)20(11)19-13;16-12-4-1-3-11(9-12)14-10-13-5-2-6-15(7-8-15)18(13)17-14;2*1-2;;;/h1,3-4,9H,2,5-8H2,(H2,18,21);2,4-5,10H,3,6-9H2;1,3-4,9H,2,5-8H2;1-3,6,18H,4-5,7-8H2,(H2,17,21);1,3-4,9-10H,2,5-8H2;2*1H3;3*1H4. The maximum Gasteiger partial charge on any atom is 0.252 e. The van der Waals surface area contributed by atoms with Crippen LogP contribution in [0.4, 0.5) is 32.0 Å². The van der Waals surface area contributed by atoms with E-state index in [-0.39, 0.29) is 68.0 Å². The number of rotatable bonds is 7. The lowest BCUT2D eigenvalue weighted by molar-refractivity contribution is 0.0990. The van der Waals surface area contributed by atoms with E-state index in [1.54, 1.807) is 54.6 Å². The number of fused-ring (bicyclic) bond motifs is 10. The molecule has 5 fully saturated rings.